The number of benzene rings is 3. The summed E-state index contributed by atoms with van der Waals surface area (Å²) in [7, 11) is 0. The molecular formula is C19H7Cl2F3N2. The average molecular weight is 391 g/mol. The van der Waals surface area contributed by atoms with Crippen molar-refractivity contribution in [2.75, 3.05) is 0 Å². The van der Waals surface area contributed by atoms with Gasteiger partial charge in [0, 0.05) is 5.56 Å². The smallest absolute Gasteiger partial charge is 0.192 e. The third kappa shape index (κ3) is 3.08. The number of hydrogen-bond acceptors (Lipinski definition) is 2. The minimum atomic E-state index is -4.54. The first-order valence-electron chi connectivity index (χ1n) is 7.20. The van der Waals surface area contributed by atoms with Gasteiger partial charge >= 0.3 is 6.18 Å². The second-order valence-electron chi connectivity index (χ2n) is 5.46. The topological polar surface area (TPSA) is 47.6 Å². The Morgan fingerprint density at radius 3 is 2.19 bits per heavy atom. The standard InChI is InChI=1S/C19H7Cl2F3N2/c20-16-6-11-4-12(8-25)15(9-26)18(14(11)7-17(16)21)10-2-1-3-13(5-10)19(22,23)24/h1-7H. The van der Waals surface area contributed by atoms with Crippen LogP contribution in [-0.2, 0) is 6.18 Å². The molecule has 0 saturated heterocycles. The molecule has 0 spiro atoms. The van der Waals surface area contributed by atoms with E-state index >= 15 is 0 Å². The van der Waals surface area contributed by atoms with E-state index in [2.05, 4.69) is 0 Å². The molecule has 0 saturated carbocycles. The molecule has 0 N–H and O–H groups in total. The van der Waals surface area contributed by atoms with E-state index in [9.17, 15) is 23.7 Å². The van der Waals surface area contributed by atoms with Crippen LogP contribution in [0.3, 0.4) is 0 Å². The maximum atomic E-state index is 13.1. The van der Waals surface area contributed by atoms with Crippen molar-refractivity contribution in [1.29, 1.82) is 10.5 Å². The lowest BCUT2D eigenvalue weighted by atomic mass is 9.90. The molecule has 7 heteroatoms. The Labute approximate surface area is 156 Å². The van der Waals surface area contributed by atoms with Crippen molar-refractivity contribution in [3.05, 3.63) is 69.2 Å². The molecule has 0 aliphatic carbocycles. The number of nitrogens with zero attached hydrogens (tertiary/aromatic N) is 2. The van der Waals surface area contributed by atoms with Crippen molar-refractivity contribution < 1.29 is 13.2 Å². The highest BCUT2D eigenvalue weighted by Gasteiger charge is 2.31. The zero-order chi connectivity index (χ0) is 19.1. The maximum absolute atomic E-state index is 13.1. The van der Waals surface area contributed by atoms with E-state index in [4.69, 9.17) is 23.2 Å². The molecule has 3 aromatic rings. The highest BCUT2D eigenvalue weighted by atomic mass is 35.5. The van der Waals surface area contributed by atoms with Crippen molar-refractivity contribution in [2.24, 2.45) is 0 Å². The molecule has 0 amide bonds. The van der Waals surface area contributed by atoms with E-state index in [1.54, 1.807) is 0 Å². The van der Waals surface area contributed by atoms with Crippen LogP contribution >= 0.6 is 23.2 Å². The van der Waals surface area contributed by atoms with Gasteiger partial charge in [-0.3, -0.25) is 0 Å². The predicted octanol–water partition coefficient (Wildman–Crippen LogP) is 6.58. The van der Waals surface area contributed by atoms with E-state index in [-0.39, 0.29) is 32.3 Å². The van der Waals surface area contributed by atoms with Gasteiger partial charge in [-0.05, 0) is 46.7 Å². The molecule has 0 fully saturated rings. The highest BCUT2D eigenvalue weighted by Crippen LogP contribution is 2.40. The maximum Gasteiger partial charge on any atom is 0.416 e. The van der Waals surface area contributed by atoms with Gasteiger partial charge in [0.1, 0.15) is 12.1 Å². The average Bonchev–Trinajstić information content (AvgIpc) is 2.60. The molecule has 3 rings (SSSR count). The van der Waals surface area contributed by atoms with E-state index < -0.39 is 11.7 Å². The molecule has 0 aliphatic rings. The molecule has 0 atom stereocenters. The molecule has 128 valence electrons. The van der Waals surface area contributed by atoms with Gasteiger partial charge in [-0.1, -0.05) is 35.3 Å². The Morgan fingerprint density at radius 2 is 1.58 bits per heavy atom. The molecule has 3 aromatic carbocycles. The molecule has 2 nitrogen and oxygen atoms in total. The molecule has 0 aliphatic heterocycles. The SMILES string of the molecule is N#Cc1cc2cc(Cl)c(Cl)cc2c(-c2cccc(C(F)(F)F)c2)c1C#N. The zero-order valence-electron chi connectivity index (χ0n) is 12.8. The minimum absolute atomic E-state index is 0.0160. The van der Waals surface area contributed by atoms with Crippen LogP contribution in [0.25, 0.3) is 21.9 Å². The Kier molecular flexibility index (Phi) is 4.54. The summed E-state index contributed by atoms with van der Waals surface area (Å²) in [6, 6.07) is 12.9. The fraction of sp³-hybridized carbons (Fsp3) is 0.0526. The fourth-order valence-corrected chi connectivity index (χ4v) is 3.09. The van der Waals surface area contributed by atoms with Crippen molar-refractivity contribution in [3.63, 3.8) is 0 Å². The predicted molar refractivity (Wildman–Crippen MR) is 93.8 cm³/mol. The second-order valence-corrected chi connectivity index (χ2v) is 6.28. The molecule has 0 unspecified atom stereocenters. The van der Waals surface area contributed by atoms with Crippen LogP contribution in [0.2, 0.25) is 10.0 Å². The largest absolute Gasteiger partial charge is 0.416 e. The zero-order valence-corrected chi connectivity index (χ0v) is 14.3. The summed E-state index contributed by atoms with van der Waals surface area (Å²) in [5, 5.41) is 20.2. The molecule has 26 heavy (non-hydrogen) atoms. The number of hydrogen-bond donors (Lipinski definition) is 0. The van der Waals surface area contributed by atoms with Gasteiger partial charge in [0.05, 0.1) is 26.7 Å². The number of rotatable bonds is 1. The quantitative estimate of drug-likeness (QED) is 0.471. The lowest BCUT2D eigenvalue weighted by Gasteiger charge is -2.14. The Balaban J connectivity index is 2.47. The summed E-state index contributed by atoms with van der Waals surface area (Å²) < 4.78 is 39.3. The summed E-state index contributed by atoms with van der Waals surface area (Å²) in [6.07, 6.45) is -4.54. The van der Waals surface area contributed by atoms with Crippen LogP contribution in [0, 0.1) is 22.7 Å². The van der Waals surface area contributed by atoms with Gasteiger partial charge in [-0.25, -0.2) is 0 Å². The normalized spacial score (nSPS) is 11.2. The van der Waals surface area contributed by atoms with Crippen LogP contribution < -0.4 is 0 Å². The third-order valence-electron chi connectivity index (χ3n) is 3.89. The Hall–Kier alpha value is -2.73. The van der Waals surface area contributed by atoms with Crippen molar-refractivity contribution in [2.45, 2.75) is 6.18 Å². The molecule has 0 radical (unpaired) electrons. The van der Waals surface area contributed by atoms with Crippen molar-refractivity contribution in [1.82, 2.24) is 0 Å². The highest BCUT2D eigenvalue weighted by molar-refractivity contribution is 6.43. The monoisotopic (exact) mass is 390 g/mol. The van der Waals surface area contributed by atoms with Gasteiger partial charge in [0.2, 0.25) is 0 Å². The van der Waals surface area contributed by atoms with Crippen LogP contribution in [0.1, 0.15) is 16.7 Å². The third-order valence-corrected chi connectivity index (χ3v) is 4.61. The first-order valence-corrected chi connectivity index (χ1v) is 7.95. The van der Waals surface area contributed by atoms with Gasteiger partial charge in [-0.15, -0.1) is 0 Å². The van der Waals surface area contributed by atoms with E-state index in [1.165, 1.54) is 30.3 Å². The molecule has 0 bridgehead atoms. The lowest BCUT2D eigenvalue weighted by molar-refractivity contribution is -0.137. The lowest BCUT2D eigenvalue weighted by Crippen LogP contribution is -2.04. The van der Waals surface area contributed by atoms with Gasteiger partial charge in [-0.2, -0.15) is 23.7 Å². The van der Waals surface area contributed by atoms with Gasteiger partial charge in [0.25, 0.3) is 0 Å². The van der Waals surface area contributed by atoms with Crippen LogP contribution in [-0.4, -0.2) is 0 Å². The fourth-order valence-electron chi connectivity index (χ4n) is 2.75. The van der Waals surface area contributed by atoms with Crippen LogP contribution in [0.5, 0.6) is 0 Å². The Bertz CT molecular complexity index is 1120. The van der Waals surface area contributed by atoms with Crippen molar-refractivity contribution in [3.8, 4) is 23.3 Å². The summed E-state index contributed by atoms with van der Waals surface area (Å²) in [4.78, 5) is 0. The second kappa shape index (κ2) is 6.53. The Morgan fingerprint density at radius 1 is 0.885 bits per heavy atom. The first-order chi connectivity index (χ1) is 12.3. The number of halogens is 5. The number of fused-ring (bicyclic) bond motifs is 1. The summed E-state index contributed by atoms with van der Waals surface area (Å²) in [5.74, 6) is 0. The van der Waals surface area contributed by atoms with Crippen molar-refractivity contribution >= 4 is 34.0 Å². The molecule has 0 aromatic heterocycles. The number of alkyl halides is 3. The van der Waals surface area contributed by atoms with Crippen LogP contribution in [0.4, 0.5) is 13.2 Å². The van der Waals surface area contributed by atoms with E-state index in [1.807, 2.05) is 12.1 Å². The van der Waals surface area contributed by atoms with E-state index in [0.717, 1.165) is 12.1 Å². The molecular weight excluding hydrogens is 384 g/mol. The first kappa shape index (κ1) is 18.1. The minimum Gasteiger partial charge on any atom is -0.192 e. The molecule has 0 heterocycles. The summed E-state index contributed by atoms with van der Waals surface area (Å²) in [5.41, 5.74) is -0.443. The van der Waals surface area contributed by atoms with Gasteiger partial charge < -0.3 is 0 Å². The number of nitriles is 2. The van der Waals surface area contributed by atoms with Gasteiger partial charge in [0.15, 0.2) is 0 Å². The summed E-state index contributed by atoms with van der Waals surface area (Å²) in [6.45, 7) is 0. The summed E-state index contributed by atoms with van der Waals surface area (Å²) >= 11 is 12.1. The van der Waals surface area contributed by atoms with E-state index in [0.29, 0.717) is 10.8 Å². The van der Waals surface area contributed by atoms with Crippen LogP contribution in [0.15, 0.2) is 42.5 Å².